The largest absolute Gasteiger partial charge is 0.492 e. The van der Waals surface area contributed by atoms with Crippen molar-refractivity contribution in [2.75, 3.05) is 13.2 Å². The highest BCUT2D eigenvalue weighted by Crippen LogP contribution is 2.36. The molecular weight excluding hydrogens is 254 g/mol. The molecular formula is C15H25N3O2. The van der Waals surface area contributed by atoms with E-state index in [1.54, 1.807) is 6.20 Å². The van der Waals surface area contributed by atoms with Gasteiger partial charge < -0.3 is 9.47 Å². The van der Waals surface area contributed by atoms with Gasteiger partial charge >= 0.3 is 0 Å². The predicted molar refractivity (Wildman–Crippen MR) is 78.3 cm³/mol. The van der Waals surface area contributed by atoms with Crippen LogP contribution < -0.4 is 16.0 Å². The molecule has 2 heterocycles. The summed E-state index contributed by atoms with van der Waals surface area (Å²) in [5, 5.41) is 0. The zero-order chi connectivity index (χ0) is 14.4. The zero-order valence-electron chi connectivity index (χ0n) is 12.4. The second-order valence-corrected chi connectivity index (χ2v) is 5.52. The van der Waals surface area contributed by atoms with Crippen molar-refractivity contribution in [3.8, 4) is 5.75 Å². The summed E-state index contributed by atoms with van der Waals surface area (Å²) in [4.78, 5) is 4.26. The third-order valence-electron chi connectivity index (χ3n) is 3.82. The van der Waals surface area contributed by atoms with Crippen LogP contribution in [0.5, 0.6) is 5.75 Å². The molecule has 1 aromatic rings. The van der Waals surface area contributed by atoms with E-state index in [1.807, 2.05) is 12.3 Å². The van der Waals surface area contributed by atoms with Crippen LogP contribution in [0.1, 0.15) is 51.1 Å². The Morgan fingerprint density at radius 1 is 1.50 bits per heavy atom. The van der Waals surface area contributed by atoms with Crippen LogP contribution in [0.4, 0.5) is 0 Å². The Labute approximate surface area is 120 Å². The molecule has 3 N–H and O–H groups in total. The maximum Gasteiger partial charge on any atom is 0.137 e. The predicted octanol–water partition coefficient (Wildman–Crippen LogP) is 2.33. The topological polar surface area (TPSA) is 69.4 Å². The van der Waals surface area contributed by atoms with E-state index < -0.39 is 0 Å². The van der Waals surface area contributed by atoms with Crippen molar-refractivity contribution in [1.82, 2.24) is 10.4 Å². The van der Waals surface area contributed by atoms with Crippen LogP contribution in [0.15, 0.2) is 18.5 Å². The first-order valence-corrected chi connectivity index (χ1v) is 7.37. The van der Waals surface area contributed by atoms with Crippen molar-refractivity contribution in [1.29, 1.82) is 0 Å². The third kappa shape index (κ3) is 3.48. The molecule has 2 atom stereocenters. The highest BCUT2D eigenvalue weighted by molar-refractivity contribution is 5.28. The third-order valence-corrected chi connectivity index (χ3v) is 3.82. The normalized spacial score (nSPS) is 24.4. The fourth-order valence-electron chi connectivity index (χ4n) is 2.70. The summed E-state index contributed by atoms with van der Waals surface area (Å²) in [6.07, 6.45) is 7.80. The van der Waals surface area contributed by atoms with Crippen LogP contribution in [0, 0.1) is 0 Å². The summed E-state index contributed by atoms with van der Waals surface area (Å²) in [5.74, 6) is 6.55. The summed E-state index contributed by atoms with van der Waals surface area (Å²) >= 11 is 0. The molecule has 0 spiro atoms. The van der Waals surface area contributed by atoms with Crippen molar-refractivity contribution in [2.45, 2.75) is 51.2 Å². The van der Waals surface area contributed by atoms with Gasteiger partial charge in [0.15, 0.2) is 0 Å². The van der Waals surface area contributed by atoms with Crippen molar-refractivity contribution in [3.63, 3.8) is 0 Å². The van der Waals surface area contributed by atoms with Gasteiger partial charge in [0.25, 0.3) is 0 Å². The van der Waals surface area contributed by atoms with Gasteiger partial charge in [-0.15, -0.1) is 0 Å². The smallest absolute Gasteiger partial charge is 0.137 e. The molecule has 0 amide bonds. The Kier molecular flexibility index (Phi) is 5.34. The van der Waals surface area contributed by atoms with Gasteiger partial charge in [0.2, 0.25) is 0 Å². The zero-order valence-corrected chi connectivity index (χ0v) is 12.4. The van der Waals surface area contributed by atoms with Crippen molar-refractivity contribution in [2.24, 2.45) is 5.84 Å². The van der Waals surface area contributed by atoms with Crippen LogP contribution in [-0.4, -0.2) is 23.8 Å². The highest BCUT2D eigenvalue weighted by atomic mass is 16.5. The Morgan fingerprint density at radius 2 is 2.35 bits per heavy atom. The van der Waals surface area contributed by atoms with E-state index in [0.717, 1.165) is 43.6 Å². The van der Waals surface area contributed by atoms with Crippen LogP contribution in [-0.2, 0) is 4.74 Å². The van der Waals surface area contributed by atoms with Gasteiger partial charge in [-0.25, -0.2) is 0 Å². The molecule has 2 rings (SSSR count). The van der Waals surface area contributed by atoms with Crippen molar-refractivity contribution in [3.05, 3.63) is 24.0 Å². The lowest BCUT2D eigenvalue weighted by atomic mass is 9.85. The van der Waals surface area contributed by atoms with E-state index in [9.17, 15) is 0 Å². The van der Waals surface area contributed by atoms with Crippen molar-refractivity contribution >= 4 is 0 Å². The average Bonchev–Trinajstić information content (AvgIpc) is 2.47. The van der Waals surface area contributed by atoms with Gasteiger partial charge in [-0.1, -0.05) is 6.92 Å². The van der Waals surface area contributed by atoms with Gasteiger partial charge in [0, 0.05) is 12.8 Å². The quantitative estimate of drug-likeness (QED) is 0.618. The molecule has 1 saturated heterocycles. The molecule has 112 valence electrons. The van der Waals surface area contributed by atoms with Gasteiger partial charge in [-0.3, -0.25) is 16.3 Å². The minimum Gasteiger partial charge on any atom is -0.492 e. The second kappa shape index (κ2) is 7.02. The number of rotatable bonds is 6. The summed E-state index contributed by atoms with van der Waals surface area (Å²) in [5.41, 5.74) is 3.60. The Bertz CT molecular complexity index is 419. The Morgan fingerprint density at radius 3 is 3.00 bits per heavy atom. The lowest BCUT2D eigenvalue weighted by Gasteiger charge is -2.40. The number of aromatic nitrogens is 1. The van der Waals surface area contributed by atoms with Gasteiger partial charge in [0.1, 0.15) is 5.75 Å². The van der Waals surface area contributed by atoms with E-state index in [4.69, 9.17) is 15.3 Å². The fourth-order valence-corrected chi connectivity index (χ4v) is 2.70. The average molecular weight is 279 g/mol. The first-order valence-electron chi connectivity index (χ1n) is 7.37. The lowest BCUT2D eigenvalue weighted by molar-refractivity contribution is -0.0899. The van der Waals surface area contributed by atoms with E-state index in [0.29, 0.717) is 6.61 Å². The standard InChI is InChI=1S/C15H25N3O2/c1-3-7-19-13-9-12(10-17-11-13)14(18-16)15(2)6-4-5-8-20-15/h9-11,14,18H,3-8,16H2,1-2H3. The number of pyridine rings is 1. The molecule has 0 aromatic carbocycles. The summed E-state index contributed by atoms with van der Waals surface area (Å²) in [6.45, 7) is 5.67. The van der Waals surface area contributed by atoms with Crippen LogP contribution in [0.2, 0.25) is 0 Å². The first kappa shape index (κ1) is 15.2. The van der Waals surface area contributed by atoms with Gasteiger partial charge in [-0.2, -0.15) is 0 Å². The molecule has 1 aliphatic rings. The van der Waals surface area contributed by atoms with E-state index in [1.165, 1.54) is 0 Å². The molecule has 0 aliphatic carbocycles. The molecule has 1 fully saturated rings. The first-order chi connectivity index (χ1) is 9.69. The number of nitrogens with one attached hydrogen (secondary N) is 1. The number of ether oxygens (including phenoxy) is 2. The lowest BCUT2D eigenvalue weighted by Crippen LogP contribution is -2.48. The number of nitrogens with two attached hydrogens (primary N) is 1. The fraction of sp³-hybridized carbons (Fsp3) is 0.667. The molecule has 1 aromatic heterocycles. The second-order valence-electron chi connectivity index (χ2n) is 5.52. The maximum absolute atomic E-state index is 5.98. The molecule has 0 bridgehead atoms. The molecule has 2 unspecified atom stereocenters. The minimum absolute atomic E-state index is 0.0829. The van der Waals surface area contributed by atoms with Crippen LogP contribution >= 0.6 is 0 Å². The summed E-state index contributed by atoms with van der Waals surface area (Å²) < 4.78 is 11.6. The van der Waals surface area contributed by atoms with Crippen LogP contribution in [0.3, 0.4) is 0 Å². The number of hydrogen-bond acceptors (Lipinski definition) is 5. The van der Waals surface area contributed by atoms with Crippen LogP contribution in [0.25, 0.3) is 0 Å². The van der Waals surface area contributed by atoms with E-state index in [2.05, 4.69) is 24.3 Å². The monoisotopic (exact) mass is 279 g/mol. The SMILES string of the molecule is CCCOc1cncc(C(NN)C2(C)CCCCO2)c1. The van der Waals surface area contributed by atoms with Crippen molar-refractivity contribution < 1.29 is 9.47 Å². The molecule has 20 heavy (non-hydrogen) atoms. The van der Waals surface area contributed by atoms with Gasteiger partial charge in [-0.05, 0) is 44.2 Å². The number of hydrazine groups is 1. The van der Waals surface area contributed by atoms with E-state index >= 15 is 0 Å². The molecule has 5 nitrogen and oxygen atoms in total. The summed E-state index contributed by atoms with van der Waals surface area (Å²) in [6, 6.07) is 1.91. The summed E-state index contributed by atoms with van der Waals surface area (Å²) in [7, 11) is 0. The molecule has 0 saturated carbocycles. The molecule has 5 heteroatoms. The Balaban J connectivity index is 2.18. The molecule has 0 radical (unpaired) electrons. The Hall–Kier alpha value is -1.17. The molecule has 1 aliphatic heterocycles. The maximum atomic E-state index is 5.98. The number of hydrogen-bond donors (Lipinski definition) is 2. The highest BCUT2D eigenvalue weighted by Gasteiger charge is 2.37. The number of nitrogens with zero attached hydrogens (tertiary/aromatic N) is 1. The van der Waals surface area contributed by atoms with Gasteiger partial charge in [0.05, 0.1) is 24.4 Å². The van der Waals surface area contributed by atoms with E-state index in [-0.39, 0.29) is 11.6 Å². The minimum atomic E-state index is -0.294.